The summed E-state index contributed by atoms with van der Waals surface area (Å²) in [6.07, 6.45) is -4.95. The van der Waals surface area contributed by atoms with Crippen LogP contribution in [0.15, 0.2) is 77.2 Å². The van der Waals surface area contributed by atoms with Crippen molar-refractivity contribution in [3.8, 4) is 22.6 Å². The summed E-state index contributed by atoms with van der Waals surface area (Å²) < 4.78 is 42.8. The van der Waals surface area contributed by atoms with E-state index < -0.39 is 12.1 Å². The first-order valence-corrected chi connectivity index (χ1v) is 8.35. The van der Waals surface area contributed by atoms with Gasteiger partial charge in [0, 0.05) is 11.3 Å². The molecule has 1 aromatic heterocycles. The van der Waals surface area contributed by atoms with Gasteiger partial charge < -0.3 is 9.73 Å². The number of fused-ring (bicyclic) bond motifs is 1. The van der Waals surface area contributed by atoms with Crippen LogP contribution >= 0.6 is 0 Å². The minimum atomic E-state index is -4.95. The Morgan fingerprint density at radius 3 is 2.18 bits per heavy atom. The van der Waals surface area contributed by atoms with Crippen LogP contribution in [-0.4, -0.2) is 17.1 Å². The van der Waals surface area contributed by atoms with Crippen molar-refractivity contribution < 1.29 is 22.4 Å². The van der Waals surface area contributed by atoms with Gasteiger partial charge in [0.2, 0.25) is 5.89 Å². The van der Waals surface area contributed by atoms with Crippen molar-refractivity contribution in [2.24, 2.45) is 0 Å². The average Bonchev–Trinajstić information content (AvgIpc) is 3.11. The molecule has 1 heterocycles. The summed E-state index contributed by atoms with van der Waals surface area (Å²) >= 11 is 0. The van der Waals surface area contributed by atoms with Gasteiger partial charge in [-0.2, -0.15) is 13.2 Å². The van der Waals surface area contributed by atoms with E-state index in [4.69, 9.17) is 4.42 Å². The van der Waals surface area contributed by atoms with E-state index in [1.165, 1.54) is 18.2 Å². The first-order chi connectivity index (χ1) is 13.4. The minimum absolute atomic E-state index is 0.00546. The standard InChI is InChI=1S/C21H13F3N2O2/c22-21(23,24)20(27)25-16-10-11-18-17(12-16)26-19(28-18)15-8-6-14(7-9-15)13-4-2-1-3-5-13/h1-12H,(H,25,27). The highest BCUT2D eigenvalue weighted by atomic mass is 19.4. The Labute approximate surface area is 157 Å². The van der Waals surface area contributed by atoms with Gasteiger partial charge in [-0.05, 0) is 41.5 Å². The van der Waals surface area contributed by atoms with Crippen molar-refractivity contribution in [1.82, 2.24) is 4.98 Å². The maximum absolute atomic E-state index is 12.4. The van der Waals surface area contributed by atoms with Gasteiger partial charge in [-0.3, -0.25) is 4.79 Å². The third-order valence-corrected chi connectivity index (χ3v) is 4.14. The van der Waals surface area contributed by atoms with Crippen molar-refractivity contribution >= 4 is 22.7 Å². The lowest BCUT2D eigenvalue weighted by molar-refractivity contribution is -0.167. The van der Waals surface area contributed by atoms with Crippen LogP contribution in [0.25, 0.3) is 33.7 Å². The molecule has 0 fully saturated rings. The maximum Gasteiger partial charge on any atom is 0.471 e. The molecular formula is C21H13F3N2O2. The SMILES string of the molecule is O=C(Nc1ccc2oc(-c3ccc(-c4ccccc4)cc3)nc2c1)C(F)(F)F. The first kappa shape index (κ1) is 17.8. The molecule has 4 rings (SSSR count). The summed E-state index contributed by atoms with van der Waals surface area (Å²) in [6, 6.07) is 21.6. The molecule has 1 N–H and O–H groups in total. The molecule has 0 saturated carbocycles. The average molecular weight is 382 g/mol. The van der Waals surface area contributed by atoms with Crippen LogP contribution in [0, 0.1) is 0 Å². The molecule has 3 aromatic carbocycles. The third kappa shape index (κ3) is 3.59. The number of amides is 1. The van der Waals surface area contributed by atoms with E-state index in [1.807, 2.05) is 54.6 Å². The van der Waals surface area contributed by atoms with Gasteiger partial charge in [-0.1, -0.05) is 42.5 Å². The monoisotopic (exact) mass is 382 g/mol. The maximum atomic E-state index is 12.4. The van der Waals surface area contributed by atoms with Crippen molar-refractivity contribution in [2.45, 2.75) is 6.18 Å². The molecule has 4 nitrogen and oxygen atoms in total. The molecule has 140 valence electrons. The molecule has 0 atom stereocenters. The molecular weight excluding hydrogens is 369 g/mol. The topological polar surface area (TPSA) is 55.1 Å². The number of alkyl halides is 3. The molecule has 0 aliphatic carbocycles. The number of rotatable bonds is 3. The molecule has 0 saturated heterocycles. The fourth-order valence-corrected chi connectivity index (χ4v) is 2.77. The van der Waals surface area contributed by atoms with Gasteiger partial charge >= 0.3 is 12.1 Å². The molecule has 0 spiro atoms. The quantitative estimate of drug-likeness (QED) is 0.497. The number of anilines is 1. The normalized spacial score (nSPS) is 11.5. The Morgan fingerprint density at radius 2 is 1.50 bits per heavy atom. The van der Waals surface area contributed by atoms with E-state index >= 15 is 0 Å². The fraction of sp³-hybridized carbons (Fsp3) is 0.0476. The van der Waals surface area contributed by atoms with Gasteiger partial charge in [0.25, 0.3) is 0 Å². The van der Waals surface area contributed by atoms with Crippen molar-refractivity contribution in [1.29, 1.82) is 0 Å². The van der Waals surface area contributed by atoms with Crippen LogP contribution in [0.3, 0.4) is 0 Å². The summed E-state index contributed by atoms with van der Waals surface area (Å²) in [6.45, 7) is 0. The predicted octanol–water partition coefficient (Wildman–Crippen LogP) is 5.66. The number of hydrogen-bond donors (Lipinski definition) is 1. The number of aromatic nitrogens is 1. The van der Waals surface area contributed by atoms with Crippen LogP contribution in [0.5, 0.6) is 0 Å². The van der Waals surface area contributed by atoms with Crippen LogP contribution in [0.2, 0.25) is 0 Å². The Kier molecular flexibility index (Phi) is 4.35. The summed E-state index contributed by atoms with van der Waals surface area (Å²) in [5.41, 5.74) is 3.61. The molecule has 7 heteroatoms. The highest BCUT2D eigenvalue weighted by Crippen LogP contribution is 2.29. The van der Waals surface area contributed by atoms with Gasteiger partial charge in [0.1, 0.15) is 5.52 Å². The van der Waals surface area contributed by atoms with E-state index in [2.05, 4.69) is 4.98 Å². The minimum Gasteiger partial charge on any atom is -0.436 e. The summed E-state index contributed by atoms with van der Waals surface area (Å²) in [5.74, 6) is -1.69. The molecule has 4 aromatic rings. The smallest absolute Gasteiger partial charge is 0.436 e. The van der Waals surface area contributed by atoms with Gasteiger partial charge in [0.15, 0.2) is 5.58 Å². The number of carbonyl (C=O) groups is 1. The number of hydrogen-bond acceptors (Lipinski definition) is 3. The number of nitrogens with zero attached hydrogens (tertiary/aromatic N) is 1. The van der Waals surface area contributed by atoms with Gasteiger partial charge in [-0.25, -0.2) is 4.98 Å². The lowest BCUT2D eigenvalue weighted by Crippen LogP contribution is -2.29. The van der Waals surface area contributed by atoms with E-state index in [-0.39, 0.29) is 5.69 Å². The second-order valence-corrected chi connectivity index (χ2v) is 6.10. The predicted molar refractivity (Wildman–Crippen MR) is 99.6 cm³/mol. The molecule has 0 bridgehead atoms. The zero-order chi connectivity index (χ0) is 19.7. The highest BCUT2D eigenvalue weighted by molar-refractivity contribution is 5.96. The largest absolute Gasteiger partial charge is 0.471 e. The molecule has 28 heavy (non-hydrogen) atoms. The third-order valence-electron chi connectivity index (χ3n) is 4.14. The number of oxazole rings is 1. The number of benzene rings is 3. The molecule has 1 amide bonds. The van der Waals surface area contributed by atoms with Crippen molar-refractivity contribution in [3.63, 3.8) is 0 Å². The van der Waals surface area contributed by atoms with Crippen molar-refractivity contribution in [2.75, 3.05) is 5.32 Å². The van der Waals surface area contributed by atoms with Crippen LogP contribution in [0.1, 0.15) is 0 Å². The summed E-state index contributed by atoms with van der Waals surface area (Å²) in [4.78, 5) is 15.4. The van der Waals surface area contributed by atoms with Crippen LogP contribution in [0.4, 0.5) is 18.9 Å². The van der Waals surface area contributed by atoms with E-state index in [1.54, 1.807) is 5.32 Å². The second-order valence-electron chi connectivity index (χ2n) is 6.10. The zero-order valence-corrected chi connectivity index (χ0v) is 14.3. The Bertz CT molecular complexity index is 1130. The number of carbonyl (C=O) groups excluding carboxylic acids is 1. The fourth-order valence-electron chi connectivity index (χ4n) is 2.77. The van der Waals surface area contributed by atoms with Gasteiger partial charge in [-0.15, -0.1) is 0 Å². The van der Waals surface area contributed by atoms with Crippen LogP contribution in [-0.2, 0) is 4.79 Å². The molecule has 0 unspecified atom stereocenters. The second kappa shape index (κ2) is 6.84. The van der Waals surface area contributed by atoms with Gasteiger partial charge in [0.05, 0.1) is 0 Å². The van der Waals surface area contributed by atoms with E-state index in [9.17, 15) is 18.0 Å². The molecule has 0 aliphatic rings. The lowest BCUT2D eigenvalue weighted by Gasteiger charge is -2.07. The number of halogens is 3. The lowest BCUT2D eigenvalue weighted by atomic mass is 10.0. The van der Waals surface area contributed by atoms with Crippen LogP contribution < -0.4 is 5.32 Å². The first-order valence-electron chi connectivity index (χ1n) is 8.35. The Balaban J connectivity index is 1.60. The molecule has 0 radical (unpaired) electrons. The Hall–Kier alpha value is -3.61. The van der Waals surface area contributed by atoms with E-state index in [0.717, 1.165) is 16.7 Å². The summed E-state index contributed by atoms with van der Waals surface area (Å²) in [5, 5.41) is 1.80. The zero-order valence-electron chi connectivity index (χ0n) is 14.3. The molecule has 0 aliphatic heterocycles. The Morgan fingerprint density at radius 1 is 0.857 bits per heavy atom. The highest BCUT2D eigenvalue weighted by Gasteiger charge is 2.38. The number of nitrogens with one attached hydrogen (secondary N) is 1. The summed E-state index contributed by atoms with van der Waals surface area (Å²) in [7, 11) is 0. The van der Waals surface area contributed by atoms with Crippen molar-refractivity contribution in [3.05, 3.63) is 72.8 Å². The van der Waals surface area contributed by atoms with E-state index in [0.29, 0.717) is 17.0 Å².